The van der Waals surface area contributed by atoms with Crippen molar-refractivity contribution in [3.8, 4) is 11.8 Å². The summed E-state index contributed by atoms with van der Waals surface area (Å²) in [7, 11) is -4.08. The summed E-state index contributed by atoms with van der Waals surface area (Å²) in [5.74, 6) is -0.630. The Morgan fingerprint density at radius 2 is 1.79 bits per heavy atom. The molecule has 0 unspecified atom stereocenters. The molecule has 2 rings (SSSR count). The lowest BCUT2D eigenvalue weighted by molar-refractivity contribution is -0.274. The standard InChI is InChI=1S/C15H11F3N2O3S/c16-15(17,18)23-13-2-1-3-14(10-13)24(21,22)20-12-6-4-11(5-7-12)8-9-19/h1-7,10,20H,8H2. The highest BCUT2D eigenvalue weighted by molar-refractivity contribution is 7.92. The topological polar surface area (TPSA) is 79.2 Å². The van der Waals surface area contributed by atoms with E-state index in [1.54, 1.807) is 12.1 Å². The second-order valence-corrected chi connectivity index (χ2v) is 6.34. The van der Waals surface area contributed by atoms with Crippen LogP contribution in [-0.4, -0.2) is 14.8 Å². The van der Waals surface area contributed by atoms with Crippen molar-refractivity contribution < 1.29 is 26.3 Å². The first-order chi connectivity index (χ1) is 11.2. The molecule has 0 amide bonds. The Labute approximate surface area is 136 Å². The number of ether oxygens (including phenoxy) is 1. The molecule has 5 nitrogen and oxygen atoms in total. The summed E-state index contributed by atoms with van der Waals surface area (Å²) in [5, 5.41) is 8.58. The minimum atomic E-state index is -4.91. The van der Waals surface area contributed by atoms with Crippen LogP contribution in [0.3, 0.4) is 0 Å². The lowest BCUT2D eigenvalue weighted by Gasteiger charge is -2.11. The number of alkyl halides is 3. The molecule has 0 aromatic heterocycles. The summed E-state index contributed by atoms with van der Waals surface area (Å²) in [4.78, 5) is -0.370. The van der Waals surface area contributed by atoms with Gasteiger partial charge in [-0.05, 0) is 29.8 Å². The minimum absolute atomic E-state index is 0.184. The Bertz CT molecular complexity index is 857. The van der Waals surface area contributed by atoms with Gasteiger partial charge in [0.05, 0.1) is 17.4 Å². The molecule has 0 bridgehead atoms. The van der Waals surface area contributed by atoms with Gasteiger partial charge < -0.3 is 4.74 Å². The summed E-state index contributed by atoms with van der Waals surface area (Å²) in [6.07, 6.45) is -4.73. The number of halogens is 3. The smallest absolute Gasteiger partial charge is 0.406 e. The number of nitriles is 1. The fourth-order valence-electron chi connectivity index (χ4n) is 1.83. The molecule has 9 heteroatoms. The summed E-state index contributed by atoms with van der Waals surface area (Å²) < 4.78 is 67.0. The van der Waals surface area contributed by atoms with Gasteiger partial charge in [-0.2, -0.15) is 5.26 Å². The molecule has 0 spiro atoms. The summed E-state index contributed by atoms with van der Waals surface area (Å²) in [6.45, 7) is 0. The number of nitrogens with zero attached hydrogens (tertiary/aromatic N) is 1. The van der Waals surface area contributed by atoms with Crippen LogP contribution < -0.4 is 9.46 Å². The number of rotatable bonds is 5. The van der Waals surface area contributed by atoms with Crippen LogP contribution in [0.4, 0.5) is 18.9 Å². The molecule has 0 saturated carbocycles. The van der Waals surface area contributed by atoms with Gasteiger partial charge in [0, 0.05) is 11.8 Å². The van der Waals surface area contributed by atoms with Gasteiger partial charge in [0.25, 0.3) is 10.0 Å². The largest absolute Gasteiger partial charge is 0.573 e. The van der Waals surface area contributed by atoms with Crippen LogP contribution >= 0.6 is 0 Å². The van der Waals surface area contributed by atoms with Crippen molar-refractivity contribution in [1.82, 2.24) is 0 Å². The third kappa shape index (κ3) is 4.89. The predicted molar refractivity (Wildman–Crippen MR) is 79.7 cm³/mol. The van der Waals surface area contributed by atoms with Crippen molar-refractivity contribution in [2.45, 2.75) is 17.7 Å². The van der Waals surface area contributed by atoms with Crippen molar-refractivity contribution in [2.24, 2.45) is 0 Å². The van der Waals surface area contributed by atoms with Crippen molar-refractivity contribution in [1.29, 1.82) is 5.26 Å². The zero-order valence-electron chi connectivity index (χ0n) is 12.0. The SMILES string of the molecule is N#CCc1ccc(NS(=O)(=O)c2cccc(OC(F)(F)F)c2)cc1. The molecule has 2 aromatic carbocycles. The first kappa shape index (κ1) is 17.6. The lowest BCUT2D eigenvalue weighted by atomic mass is 10.1. The van der Waals surface area contributed by atoms with Crippen LogP contribution in [0.2, 0.25) is 0 Å². The maximum Gasteiger partial charge on any atom is 0.573 e. The van der Waals surface area contributed by atoms with Gasteiger partial charge in [0.2, 0.25) is 0 Å². The molecule has 126 valence electrons. The van der Waals surface area contributed by atoms with E-state index >= 15 is 0 Å². The Morgan fingerprint density at radius 3 is 2.38 bits per heavy atom. The van der Waals surface area contributed by atoms with E-state index < -0.39 is 22.1 Å². The highest BCUT2D eigenvalue weighted by atomic mass is 32.2. The van der Waals surface area contributed by atoms with E-state index in [0.717, 1.165) is 24.3 Å². The van der Waals surface area contributed by atoms with Gasteiger partial charge in [-0.1, -0.05) is 18.2 Å². The molecule has 0 saturated heterocycles. The molecule has 2 aromatic rings. The van der Waals surface area contributed by atoms with Crippen LogP contribution in [0.5, 0.6) is 5.75 Å². The van der Waals surface area contributed by atoms with E-state index in [2.05, 4.69) is 9.46 Å². The quantitative estimate of drug-likeness (QED) is 0.890. The van der Waals surface area contributed by atoms with Gasteiger partial charge in [0.15, 0.2) is 0 Å². The van der Waals surface area contributed by atoms with Gasteiger partial charge in [0.1, 0.15) is 5.75 Å². The third-order valence-electron chi connectivity index (χ3n) is 2.84. The van der Waals surface area contributed by atoms with Crippen molar-refractivity contribution >= 4 is 15.7 Å². The van der Waals surface area contributed by atoms with E-state index in [4.69, 9.17) is 5.26 Å². The Hall–Kier alpha value is -2.73. The van der Waals surface area contributed by atoms with Crippen LogP contribution in [-0.2, 0) is 16.4 Å². The lowest BCUT2D eigenvalue weighted by Crippen LogP contribution is -2.18. The highest BCUT2D eigenvalue weighted by Gasteiger charge is 2.31. The maximum atomic E-state index is 12.2. The first-order valence-corrected chi connectivity index (χ1v) is 8.02. The Morgan fingerprint density at radius 1 is 1.12 bits per heavy atom. The zero-order chi connectivity index (χ0) is 17.8. The summed E-state index contributed by atoms with van der Waals surface area (Å²) >= 11 is 0. The van der Waals surface area contributed by atoms with Gasteiger partial charge >= 0.3 is 6.36 Å². The van der Waals surface area contributed by atoms with Gasteiger partial charge in [-0.15, -0.1) is 13.2 Å². The van der Waals surface area contributed by atoms with Crippen LogP contribution in [0.25, 0.3) is 0 Å². The van der Waals surface area contributed by atoms with Crippen molar-refractivity contribution in [3.05, 3.63) is 54.1 Å². The number of hydrogen-bond donors (Lipinski definition) is 1. The monoisotopic (exact) mass is 356 g/mol. The normalized spacial score (nSPS) is 11.6. The molecular weight excluding hydrogens is 345 g/mol. The van der Waals surface area contributed by atoms with Crippen molar-refractivity contribution in [2.75, 3.05) is 4.72 Å². The number of benzene rings is 2. The average molecular weight is 356 g/mol. The average Bonchev–Trinajstić information content (AvgIpc) is 2.48. The van der Waals surface area contributed by atoms with E-state index in [9.17, 15) is 21.6 Å². The number of anilines is 1. The van der Waals surface area contributed by atoms with Crippen LogP contribution in [0, 0.1) is 11.3 Å². The number of nitrogens with one attached hydrogen (secondary N) is 1. The number of sulfonamides is 1. The van der Waals surface area contributed by atoms with E-state index in [-0.39, 0.29) is 17.0 Å². The Kier molecular flexibility index (Phi) is 4.99. The van der Waals surface area contributed by atoms with Gasteiger partial charge in [-0.3, -0.25) is 4.72 Å². The molecule has 0 heterocycles. The maximum absolute atomic E-state index is 12.2. The molecule has 0 fully saturated rings. The molecule has 0 atom stereocenters. The molecule has 1 N–H and O–H groups in total. The van der Waals surface area contributed by atoms with Crippen molar-refractivity contribution in [3.63, 3.8) is 0 Å². The third-order valence-corrected chi connectivity index (χ3v) is 4.22. The minimum Gasteiger partial charge on any atom is -0.406 e. The van der Waals surface area contributed by atoms with E-state index in [0.29, 0.717) is 5.56 Å². The van der Waals surface area contributed by atoms with E-state index in [1.165, 1.54) is 12.1 Å². The Balaban J connectivity index is 2.21. The van der Waals surface area contributed by atoms with Crippen LogP contribution in [0.1, 0.15) is 5.56 Å². The molecule has 24 heavy (non-hydrogen) atoms. The molecule has 0 aliphatic heterocycles. The van der Waals surface area contributed by atoms with Gasteiger partial charge in [-0.25, -0.2) is 8.42 Å². The fourth-order valence-corrected chi connectivity index (χ4v) is 2.93. The fraction of sp³-hybridized carbons (Fsp3) is 0.133. The predicted octanol–water partition coefficient (Wildman–Crippen LogP) is 3.45. The molecule has 0 radical (unpaired) electrons. The first-order valence-electron chi connectivity index (χ1n) is 6.54. The molecule has 0 aliphatic rings. The van der Waals surface area contributed by atoms with Crippen LogP contribution in [0.15, 0.2) is 53.4 Å². The molecular formula is C15H11F3N2O3S. The molecule has 0 aliphatic carbocycles. The summed E-state index contributed by atoms with van der Waals surface area (Å²) in [5.41, 5.74) is 0.930. The highest BCUT2D eigenvalue weighted by Crippen LogP contribution is 2.26. The number of hydrogen-bond acceptors (Lipinski definition) is 4. The second kappa shape index (κ2) is 6.80. The van der Waals surface area contributed by atoms with E-state index in [1.807, 2.05) is 6.07 Å². The summed E-state index contributed by atoms with van der Waals surface area (Å²) in [6, 6.07) is 12.1. The second-order valence-electron chi connectivity index (χ2n) is 4.66. The zero-order valence-corrected chi connectivity index (χ0v) is 12.9.